The number of carbonyl (C=O) groups excluding carboxylic acids is 1. The number of amides is 1. The van der Waals surface area contributed by atoms with E-state index in [4.69, 9.17) is 9.84 Å². The van der Waals surface area contributed by atoms with Crippen LogP contribution in [0.25, 0.3) is 0 Å². The summed E-state index contributed by atoms with van der Waals surface area (Å²) < 4.78 is 4.79. The summed E-state index contributed by atoms with van der Waals surface area (Å²) in [5, 5.41) is 11.4. The highest BCUT2D eigenvalue weighted by Gasteiger charge is 2.16. The van der Waals surface area contributed by atoms with E-state index in [0.29, 0.717) is 12.8 Å². The quantitative estimate of drug-likeness (QED) is 0.715. The van der Waals surface area contributed by atoms with Gasteiger partial charge >= 0.3 is 12.1 Å². The van der Waals surface area contributed by atoms with E-state index >= 15 is 0 Å². The number of alkyl carbamates (subject to hydrolysis) is 1. The van der Waals surface area contributed by atoms with Crippen molar-refractivity contribution in [3.63, 3.8) is 0 Å². The van der Waals surface area contributed by atoms with E-state index in [9.17, 15) is 9.59 Å². The topological polar surface area (TPSA) is 75.6 Å². The lowest BCUT2D eigenvalue weighted by atomic mass is 10.0. The molecule has 0 saturated carbocycles. The zero-order chi connectivity index (χ0) is 14.8. The first kappa shape index (κ1) is 15.8. The van der Waals surface area contributed by atoms with Crippen molar-refractivity contribution in [1.29, 1.82) is 0 Å². The lowest BCUT2D eigenvalue weighted by Crippen LogP contribution is -2.37. The highest BCUT2D eigenvalue weighted by molar-refractivity contribution is 5.71. The molecule has 0 aliphatic carbocycles. The smallest absolute Gasteiger partial charge is 0.407 e. The maximum atomic E-state index is 11.4. The van der Waals surface area contributed by atoms with Crippen LogP contribution < -0.4 is 5.32 Å². The SMILES string of the molecule is C=CCOC(=O)NC(CCc1ccccc1)CC(=O)O. The molecule has 1 rings (SSSR count). The molecule has 20 heavy (non-hydrogen) atoms. The van der Waals surface area contributed by atoms with Crippen LogP contribution in [0.3, 0.4) is 0 Å². The van der Waals surface area contributed by atoms with Crippen LogP contribution in [0.15, 0.2) is 43.0 Å². The zero-order valence-electron chi connectivity index (χ0n) is 11.2. The van der Waals surface area contributed by atoms with Gasteiger partial charge in [-0.2, -0.15) is 0 Å². The Morgan fingerprint density at radius 2 is 2.05 bits per heavy atom. The molecule has 1 atom stereocenters. The standard InChI is InChI=1S/C15H19NO4/c1-2-10-20-15(19)16-13(11-14(17)18)9-8-12-6-4-3-5-7-12/h2-7,13H,1,8-11H2,(H,16,19)(H,17,18). The predicted octanol–water partition coefficient (Wildman–Crippen LogP) is 2.37. The van der Waals surface area contributed by atoms with E-state index in [1.54, 1.807) is 0 Å². The molecule has 0 aliphatic rings. The summed E-state index contributed by atoms with van der Waals surface area (Å²) in [7, 11) is 0. The molecule has 1 amide bonds. The first-order valence-corrected chi connectivity index (χ1v) is 6.41. The number of carboxylic acid groups (broad SMARTS) is 1. The Balaban J connectivity index is 2.48. The Kier molecular flexibility index (Phi) is 6.89. The Morgan fingerprint density at radius 3 is 2.65 bits per heavy atom. The maximum Gasteiger partial charge on any atom is 0.407 e. The van der Waals surface area contributed by atoms with Crippen LogP contribution in [0.2, 0.25) is 0 Å². The van der Waals surface area contributed by atoms with Crippen LogP contribution in [0.4, 0.5) is 4.79 Å². The molecule has 0 aliphatic heterocycles. The second kappa shape index (κ2) is 8.74. The van der Waals surface area contributed by atoms with Crippen molar-refractivity contribution < 1.29 is 19.4 Å². The third-order valence-electron chi connectivity index (χ3n) is 2.70. The molecule has 0 saturated heterocycles. The van der Waals surface area contributed by atoms with E-state index in [0.717, 1.165) is 5.56 Å². The number of nitrogens with one attached hydrogen (secondary N) is 1. The van der Waals surface area contributed by atoms with Gasteiger partial charge in [-0.05, 0) is 18.4 Å². The molecular formula is C15H19NO4. The third-order valence-corrected chi connectivity index (χ3v) is 2.70. The molecule has 1 aromatic rings. The van der Waals surface area contributed by atoms with E-state index in [1.165, 1.54) is 6.08 Å². The van der Waals surface area contributed by atoms with Crippen LogP contribution in [-0.4, -0.2) is 29.8 Å². The largest absolute Gasteiger partial charge is 0.481 e. The first-order chi connectivity index (χ1) is 9.61. The summed E-state index contributed by atoms with van der Waals surface area (Å²) >= 11 is 0. The number of carboxylic acids is 1. The summed E-state index contributed by atoms with van der Waals surface area (Å²) in [5.41, 5.74) is 1.10. The van der Waals surface area contributed by atoms with Crippen molar-refractivity contribution in [3.8, 4) is 0 Å². The Morgan fingerprint density at radius 1 is 1.35 bits per heavy atom. The van der Waals surface area contributed by atoms with Crippen molar-refractivity contribution in [2.24, 2.45) is 0 Å². The molecule has 5 nitrogen and oxygen atoms in total. The molecule has 1 unspecified atom stereocenters. The Labute approximate surface area is 118 Å². The minimum Gasteiger partial charge on any atom is -0.481 e. The summed E-state index contributed by atoms with van der Waals surface area (Å²) in [6.45, 7) is 3.54. The Hall–Kier alpha value is -2.30. The molecule has 2 N–H and O–H groups in total. The van der Waals surface area contributed by atoms with Crippen molar-refractivity contribution >= 4 is 12.1 Å². The number of hydrogen-bond donors (Lipinski definition) is 2. The van der Waals surface area contributed by atoms with Gasteiger partial charge in [-0.15, -0.1) is 0 Å². The number of carbonyl (C=O) groups is 2. The average Bonchev–Trinajstić information content (AvgIpc) is 2.43. The van der Waals surface area contributed by atoms with Gasteiger partial charge in [-0.3, -0.25) is 4.79 Å². The summed E-state index contributed by atoms with van der Waals surface area (Å²) in [6.07, 6.45) is 1.94. The minimum absolute atomic E-state index is 0.101. The second-order valence-electron chi connectivity index (χ2n) is 4.35. The number of benzene rings is 1. The van der Waals surface area contributed by atoms with Gasteiger partial charge in [0.1, 0.15) is 6.61 Å². The molecular weight excluding hydrogens is 258 g/mol. The fourth-order valence-corrected chi connectivity index (χ4v) is 1.76. The van der Waals surface area contributed by atoms with Crippen LogP contribution >= 0.6 is 0 Å². The molecule has 108 valence electrons. The predicted molar refractivity (Wildman–Crippen MR) is 75.5 cm³/mol. The fourth-order valence-electron chi connectivity index (χ4n) is 1.76. The molecule has 0 fully saturated rings. The average molecular weight is 277 g/mol. The van der Waals surface area contributed by atoms with Crippen molar-refractivity contribution in [2.45, 2.75) is 25.3 Å². The van der Waals surface area contributed by atoms with Gasteiger partial charge in [0, 0.05) is 6.04 Å². The van der Waals surface area contributed by atoms with Gasteiger partial charge < -0.3 is 15.2 Å². The molecule has 0 bridgehead atoms. The zero-order valence-corrected chi connectivity index (χ0v) is 11.2. The van der Waals surface area contributed by atoms with Crippen molar-refractivity contribution in [3.05, 3.63) is 48.6 Å². The number of aliphatic carboxylic acids is 1. The summed E-state index contributed by atoms with van der Waals surface area (Å²) in [6, 6.07) is 9.25. The van der Waals surface area contributed by atoms with Crippen molar-refractivity contribution in [2.75, 3.05) is 6.61 Å². The fraction of sp³-hybridized carbons (Fsp3) is 0.333. The van der Waals surface area contributed by atoms with Crippen LogP contribution in [-0.2, 0) is 16.0 Å². The highest BCUT2D eigenvalue weighted by Crippen LogP contribution is 2.07. The second-order valence-corrected chi connectivity index (χ2v) is 4.35. The minimum atomic E-state index is -0.952. The van der Waals surface area contributed by atoms with Crippen LogP contribution in [0.1, 0.15) is 18.4 Å². The van der Waals surface area contributed by atoms with E-state index in [1.807, 2.05) is 30.3 Å². The van der Waals surface area contributed by atoms with Gasteiger partial charge in [-0.1, -0.05) is 43.0 Å². The Bertz CT molecular complexity index is 444. The molecule has 0 radical (unpaired) electrons. The number of rotatable bonds is 8. The monoisotopic (exact) mass is 277 g/mol. The molecule has 5 heteroatoms. The number of hydrogen-bond acceptors (Lipinski definition) is 3. The van der Waals surface area contributed by atoms with Gasteiger partial charge in [0.15, 0.2) is 0 Å². The molecule has 0 aromatic heterocycles. The summed E-state index contributed by atoms with van der Waals surface area (Å²) in [4.78, 5) is 22.2. The van der Waals surface area contributed by atoms with Crippen LogP contribution in [0.5, 0.6) is 0 Å². The van der Waals surface area contributed by atoms with Crippen molar-refractivity contribution in [1.82, 2.24) is 5.32 Å². The molecule has 0 spiro atoms. The van der Waals surface area contributed by atoms with E-state index < -0.39 is 18.1 Å². The third kappa shape index (κ3) is 6.58. The van der Waals surface area contributed by atoms with E-state index in [-0.39, 0.29) is 13.0 Å². The van der Waals surface area contributed by atoms with Gasteiger partial charge in [0.2, 0.25) is 0 Å². The van der Waals surface area contributed by atoms with Crippen LogP contribution in [0, 0.1) is 0 Å². The molecule has 1 aromatic carbocycles. The van der Waals surface area contributed by atoms with Gasteiger partial charge in [-0.25, -0.2) is 4.79 Å². The maximum absolute atomic E-state index is 11.4. The van der Waals surface area contributed by atoms with Gasteiger partial charge in [0.05, 0.1) is 6.42 Å². The first-order valence-electron chi connectivity index (χ1n) is 6.41. The lowest BCUT2D eigenvalue weighted by molar-refractivity contribution is -0.137. The normalized spacial score (nSPS) is 11.4. The highest BCUT2D eigenvalue weighted by atomic mass is 16.5. The lowest BCUT2D eigenvalue weighted by Gasteiger charge is -2.16. The summed E-state index contributed by atoms with van der Waals surface area (Å²) in [5.74, 6) is -0.952. The molecule has 0 heterocycles. The van der Waals surface area contributed by atoms with E-state index in [2.05, 4.69) is 11.9 Å². The van der Waals surface area contributed by atoms with Gasteiger partial charge in [0.25, 0.3) is 0 Å². The number of aryl methyl sites for hydroxylation is 1. The number of ether oxygens (including phenoxy) is 1.